The zero-order valence-corrected chi connectivity index (χ0v) is 20.1. The van der Waals surface area contributed by atoms with Gasteiger partial charge in [-0.05, 0) is 97.7 Å². The molecule has 2 heterocycles. The van der Waals surface area contributed by atoms with Crippen molar-refractivity contribution < 1.29 is 9.47 Å². The number of ether oxygens (including phenoxy) is 2. The molecule has 5 fully saturated rings. The number of hydrogen-bond donors (Lipinski definition) is 0. The van der Waals surface area contributed by atoms with Gasteiger partial charge >= 0.3 is 0 Å². The maximum Gasteiger partial charge on any atom is 0.171 e. The minimum absolute atomic E-state index is 0.266. The molecule has 0 aromatic heterocycles. The van der Waals surface area contributed by atoms with Crippen LogP contribution < -0.4 is 0 Å². The van der Waals surface area contributed by atoms with Crippen LogP contribution in [0.4, 0.5) is 0 Å². The van der Waals surface area contributed by atoms with Crippen LogP contribution in [-0.4, -0.2) is 18.5 Å². The van der Waals surface area contributed by atoms with E-state index in [9.17, 15) is 0 Å². The number of hydrogen-bond acceptors (Lipinski definition) is 2. The number of allylic oxidation sites excluding steroid dienone is 2. The van der Waals surface area contributed by atoms with Crippen LogP contribution in [0.25, 0.3) is 0 Å². The molecule has 30 heavy (non-hydrogen) atoms. The van der Waals surface area contributed by atoms with E-state index in [1.807, 2.05) is 5.57 Å². The average Bonchev–Trinajstić information content (AvgIpc) is 3.16. The molecule has 0 amide bonds. The Kier molecular flexibility index (Phi) is 4.46. The fourth-order valence-electron chi connectivity index (χ4n) is 9.86. The first-order valence-electron chi connectivity index (χ1n) is 13.3. The summed E-state index contributed by atoms with van der Waals surface area (Å²) in [7, 11) is 0. The Morgan fingerprint density at radius 3 is 2.50 bits per heavy atom. The first kappa shape index (κ1) is 20.3. The largest absolute Gasteiger partial charge is 0.349 e. The van der Waals surface area contributed by atoms with Gasteiger partial charge < -0.3 is 9.47 Å². The topological polar surface area (TPSA) is 18.5 Å². The van der Waals surface area contributed by atoms with Crippen molar-refractivity contribution in [3.05, 3.63) is 11.6 Å². The van der Waals surface area contributed by atoms with E-state index < -0.39 is 0 Å². The number of rotatable bonds is 0. The predicted octanol–water partition coefficient (Wildman–Crippen LogP) is 6.99. The van der Waals surface area contributed by atoms with E-state index in [0.717, 1.165) is 36.7 Å². The number of fused-ring (bicyclic) bond motifs is 7. The van der Waals surface area contributed by atoms with E-state index in [2.05, 4.69) is 40.7 Å². The summed E-state index contributed by atoms with van der Waals surface area (Å²) in [5, 5.41) is 0. The van der Waals surface area contributed by atoms with Crippen molar-refractivity contribution in [3.63, 3.8) is 0 Å². The van der Waals surface area contributed by atoms with Crippen molar-refractivity contribution in [2.24, 2.45) is 52.3 Å². The predicted molar refractivity (Wildman–Crippen MR) is 121 cm³/mol. The van der Waals surface area contributed by atoms with Crippen LogP contribution in [0.3, 0.4) is 0 Å². The van der Waals surface area contributed by atoms with E-state index in [0.29, 0.717) is 34.7 Å². The van der Waals surface area contributed by atoms with Crippen molar-refractivity contribution in [2.75, 3.05) is 6.61 Å². The van der Waals surface area contributed by atoms with Crippen LogP contribution in [0.2, 0.25) is 0 Å². The fourth-order valence-corrected chi connectivity index (χ4v) is 9.86. The molecule has 0 aromatic carbocycles. The van der Waals surface area contributed by atoms with Gasteiger partial charge in [0.2, 0.25) is 0 Å². The van der Waals surface area contributed by atoms with Gasteiger partial charge in [-0.2, -0.15) is 0 Å². The van der Waals surface area contributed by atoms with Gasteiger partial charge in [0.05, 0.1) is 12.7 Å². The lowest BCUT2D eigenvalue weighted by Gasteiger charge is -2.58. The van der Waals surface area contributed by atoms with Crippen LogP contribution in [0, 0.1) is 52.3 Å². The average molecular weight is 413 g/mol. The van der Waals surface area contributed by atoms with Gasteiger partial charge in [-0.15, -0.1) is 0 Å². The molecule has 6 rings (SSSR count). The second-order valence-corrected chi connectivity index (χ2v) is 13.1. The van der Waals surface area contributed by atoms with Gasteiger partial charge in [0.1, 0.15) is 0 Å². The molecule has 0 bridgehead atoms. The highest BCUT2D eigenvalue weighted by Crippen LogP contribution is 2.70. The molecule has 2 saturated heterocycles. The third-order valence-electron chi connectivity index (χ3n) is 11.6. The molecule has 2 nitrogen and oxygen atoms in total. The molecule has 0 radical (unpaired) electrons. The summed E-state index contributed by atoms with van der Waals surface area (Å²) in [4.78, 5) is 0. The van der Waals surface area contributed by atoms with Gasteiger partial charge in [0.15, 0.2) is 5.79 Å². The summed E-state index contributed by atoms with van der Waals surface area (Å²) in [6, 6.07) is 0. The summed E-state index contributed by atoms with van der Waals surface area (Å²) >= 11 is 0. The second-order valence-electron chi connectivity index (χ2n) is 13.1. The molecular formula is C28H44O2. The Morgan fingerprint density at radius 1 is 0.933 bits per heavy atom. The normalized spacial score (nSPS) is 59.8. The third kappa shape index (κ3) is 2.56. The highest BCUT2D eigenvalue weighted by molar-refractivity contribution is 5.26. The van der Waals surface area contributed by atoms with Crippen molar-refractivity contribution in [1.82, 2.24) is 0 Å². The van der Waals surface area contributed by atoms with Crippen LogP contribution in [0.5, 0.6) is 0 Å². The standard InChI is InChI=1S/C28H44O2/c1-17-8-11-26(4)20(14-17)6-7-21-22(26)10-12-27(5)23(21)15-24-25(27)19(3)28(30-24)13-9-18(2)16-29-28/h6,17-19,21-25H,7-16H2,1-5H3/t17-,18+,19-,21?,22?,23?,24?,25?,26-,27-,28+/m0/s1. The van der Waals surface area contributed by atoms with E-state index in [-0.39, 0.29) is 5.79 Å². The Bertz CT molecular complexity index is 733. The summed E-state index contributed by atoms with van der Waals surface area (Å²) in [5.74, 6) is 5.20. The second kappa shape index (κ2) is 6.60. The van der Waals surface area contributed by atoms with Gasteiger partial charge in [-0.25, -0.2) is 0 Å². The molecule has 4 aliphatic carbocycles. The molecule has 0 aromatic rings. The first-order chi connectivity index (χ1) is 14.3. The molecule has 5 unspecified atom stereocenters. The zero-order valence-electron chi connectivity index (χ0n) is 20.1. The Morgan fingerprint density at radius 2 is 1.73 bits per heavy atom. The van der Waals surface area contributed by atoms with Crippen LogP contribution in [-0.2, 0) is 9.47 Å². The molecule has 11 atom stereocenters. The Labute approximate surface area is 184 Å². The molecule has 2 heteroatoms. The summed E-state index contributed by atoms with van der Waals surface area (Å²) in [5.41, 5.74) is 2.77. The van der Waals surface area contributed by atoms with Crippen molar-refractivity contribution in [3.8, 4) is 0 Å². The van der Waals surface area contributed by atoms with E-state index in [1.54, 1.807) is 0 Å². The van der Waals surface area contributed by atoms with Gasteiger partial charge in [0.25, 0.3) is 0 Å². The van der Waals surface area contributed by atoms with Gasteiger partial charge in [-0.1, -0.05) is 46.3 Å². The Balaban J connectivity index is 1.28. The molecular weight excluding hydrogens is 368 g/mol. The van der Waals surface area contributed by atoms with Gasteiger partial charge in [0, 0.05) is 12.3 Å². The molecule has 6 aliphatic rings. The van der Waals surface area contributed by atoms with E-state index >= 15 is 0 Å². The molecule has 1 spiro atoms. The molecule has 3 saturated carbocycles. The van der Waals surface area contributed by atoms with Crippen LogP contribution >= 0.6 is 0 Å². The molecule has 2 aliphatic heterocycles. The maximum atomic E-state index is 6.92. The van der Waals surface area contributed by atoms with Crippen molar-refractivity contribution in [2.45, 2.75) is 104 Å². The monoisotopic (exact) mass is 412 g/mol. The first-order valence-corrected chi connectivity index (χ1v) is 13.3. The Hall–Kier alpha value is -0.340. The highest BCUT2D eigenvalue weighted by Gasteiger charge is 2.68. The summed E-state index contributed by atoms with van der Waals surface area (Å²) in [6.07, 6.45) is 15.3. The highest BCUT2D eigenvalue weighted by atomic mass is 16.7. The lowest BCUT2D eigenvalue weighted by atomic mass is 9.46. The third-order valence-corrected chi connectivity index (χ3v) is 11.6. The summed E-state index contributed by atoms with van der Waals surface area (Å²) < 4.78 is 13.4. The van der Waals surface area contributed by atoms with Crippen molar-refractivity contribution >= 4 is 0 Å². The van der Waals surface area contributed by atoms with Crippen LogP contribution in [0.1, 0.15) is 92.4 Å². The van der Waals surface area contributed by atoms with Gasteiger partial charge in [-0.3, -0.25) is 0 Å². The van der Waals surface area contributed by atoms with E-state index in [1.165, 1.54) is 51.4 Å². The summed E-state index contributed by atoms with van der Waals surface area (Å²) in [6.45, 7) is 13.5. The smallest absolute Gasteiger partial charge is 0.171 e. The van der Waals surface area contributed by atoms with E-state index in [4.69, 9.17) is 9.47 Å². The lowest BCUT2D eigenvalue weighted by molar-refractivity contribution is -0.272. The molecule has 0 N–H and O–H groups in total. The van der Waals surface area contributed by atoms with Crippen LogP contribution in [0.15, 0.2) is 11.6 Å². The lowest BCUT2D eigenvalue weighted by Crippen LogP contribution is -2.52. The minimum Gasteiger partial charge on any atom is -0.349 e. The quantitative estimate of drug-likeness (QED) is 0.399. The fraction of sp³-hybridized carbons (Fsp3) is 0.929. The zero-order chi connectivity index (χ0) is 20.9. The van der Waals surface area contributed by atoms with Crippen molar-refractivity contribution in [1.29, 1.82) is 0 Å². The maximum absolute atomic E-state index is 6.92. The molecule has 168 valence electrons. The SMILES string of the molecule is C[C@@H]1CC[C@@]2(OC1)OC1CC3C4CC=C5C[C@@H](C)CC[C@]5(C)C4CC[C@]3(C)C1[C@@H]2C. The minimum atomic E-state index is -0.266.